The fraction of sp³-hybridized carbons (Fsp3) is 0.615. The summed E-state index contributed by atoms with van der Waals surface area (Å²) >= 11 is 1.75. The van der Waals surface area contributed by atoms with Crippen molar-refractivity contribution in [3.05, 3.63) is 22.4 Å². The molecule has 1 aliphatic heterocycles. The van der Waals surface area contributed by atoms with Gasteiger partial charge in [-0.05, 0) is 17.4 Å². The van der Waals surface area contributed by atoms with Crippen molar-refractivity contribution >= 4 is 17.3 Å². The van der Waals surface area contributed by atoms with E-state index in [1.807, 2.05) is 0 Å². The average Bonchev–Trinajstić information content (AvgIpc) is 2.93. The average molecular weight is 267 g/mol. The van der Waals surface area contributed by atoms with Crippen LogP contribution in [0.4, 0.5) is 0 Å². The summed E-state index contributed by atoms with van der Waals surface area (Å²) in [5.41, 5.74) is 5.96. The first-order valence-electron chi connectivity index (χ1n) is 6.19. The molecular formula is C13H21N3OS. The molecule has 1 unspecified atom stereocenters. The lowest BCUT2D eigenvalue weighted by molar-refractivity contribution is 0.0309. The van der Waals surface area contributed by atoms with Crippen LogP contribution >= 0.6 is 11.3 Å². The molecule has 0 bridgehead atoms. The van der Waals surface area contributed by atoms with Gasteiger partial charge >= 0.3 is 0 Å². The zero-order chi connectivity index (χ0) is 13.2. The lowest BCUT2D eigenvalue weighted by Crippen LogP contribution is -2.57. The van der Waals surface area contributed by atoms with Gasteiger partial charge in [-0.1, -0.05) is 19.9 Å². The Morgan fingerprint density at radius 2 is 2.39 bits per heavy atom. The smallest absolute Gasteiger partial charge is 0.192 e. The lowest BCUT2D eigenvalue weighted by Gasteiger charge is -2.41. The molecule has 0 amide bonds. The van der Waals surface area contributed by atoms with Gasteiger partial charge in [0.1, 0.15) is 0 Å². The molecule has 1 aromatic rings. The number of aliphatic imine (C=N–C) groups is 1. The fourth-order valence-electron chi connectivity index (χ4n) is 2.45. The van der Waals surface area contributed by atoms with Crippen LogP contribution < -0.4 is 5.73 Å². The second kappa shape index (κ2) is 5.28. The van der Waals surface area contributed by atoms with Gasteiger partial charge < -0.3 is 15.4 Å². The quantitative estimate of drug-likeness (QED) is 0.886. The zero-order valence-electron chi connectivity index (χ0n) is 11.2. The maximum Gasteiger partial charge on any atom is 0.192 e. The van der Waals surface area contributed by atoms with Crippen LogP contribution in [-0.4, -0.2) is 36.7 Å². The van der Waals surface area contributed by atoms with Crippen molar-refractivity contribution in [3.63, 3.8) is 0 Å². The second-order valence-corrected chi connectivity index (χ2v) is 6.06. The van der Waals surface area contributed by atoms with Crippen LogP contribution in [0.15, 0.2) is 22.5 Å². The highest BCUT2D eigenvalue weighted by molar-refractivity contribution is 7.09. The second-order valence-electron chi connectivity index (χ2n) is 5.03. The number of thiophene rings is 1. The first kappa shape index (κ1) is 13.4. The van der Waals surface area contributed by atoms with Crippen molar-refractivity contribution in [2.75, 3.05) is 20.3 Å². The molecule has 0 fully saturated rings. The predicted octanol–water partition coefficient (Wildman–Crippen LogP) is 1.92. The number of ether oxygens (including phenoxy) is 1. The number of nitrogens with zero attached hydrogens (tertiary/aromatic N) is 2. The van der Waals surface area contributed by atoms with E-state index in [0.717, 1.165) is 13.1 Å². The van der Waals surface area contributed by atoms with Crippen LogP contribution in [0.1, 0.15) is 18.7 Å². The maximum absolute atomic E-state index is 6.06. The Morgan fingerprint density at radius 1 is 1.61 bits per heavy atom. The molecule has 1 aliphatic rings. The number of hydrogen-bond donors (Lipinski definition) is 1. The molecule has 1 atom stereocenters. The van der Waals surface area contributed by atoms with E-state index < -0.39 is 0 Å². The first-order valence-corrected chi connectivity index (χ1v) is 7.07. The summed E-state index contributed by atoms with van der Waals surface area (Å²) in [6.07, 6.45) is 0. The minimum absolute atomic E-state index is 0.108. The Labute approximate surface area is 112 Å². The molecule has 0 aliphatic carbocycles. The van der Waals surface area contributed by atoms with Crippen molar-refractivity contribution in [1.29, 1.82) is 0 Å². The van der Waals surface area contributed by atoms with Gasteiger partial charge in [-0.15, -0.1) is 11.3 Å². The number of rotatable bonds is 5. The number of guanidine groups is 1. The predicted molar refractivity (Wildman–Crippen MR) is 75.8 cm³/mol. The van der Waals surface area contributed by atoms with Crippen LogP contribution in [0.25, 0.3) is 0 Å². The van der Waals surface area contributed by atoms with Gasteiger partial charge in [0, 0.05) is 12.0 Å². The lowest BCUT2D eigenvalue weighted by atomic mass is 9.86. The first-order chi connectivity index (χ1) is 8.60. The monoisotopic (exact) mass is 267 g/mol. The molecule has 100 valence electrons. The molecule has 2 heterocycles. The van der Waals surface area contributed by atoms with Gasteiger partial charge in [-0.25, -0.2) is 0 Å². The highest BCUT2D eigenvalue weighted by Crippen LogP contribution is 2.32. The van der Waals surface area contributed by atoms with Gasteiger partial charge in [0.25, 0.3) is 0 Å². The summed E-state index contributed by atoms with van der Waals surface area (Å²) in [7, 11) is 1.74. The van der Waals surface area contributed by atoms with Crippen LogP contribution in [0.3, 0.4) is 0 Å². The fourth-order valence-corrected chi connectivity index (χ4v) is 3.14. The third kappa shape index (κ3) is 2.24. The van der Waals surface area contributed by atoms with Crippen molar-refractivity contribution in [1.82, 2.24) is 4.90 Å². The van der Waals surface area contributed by atoms with Gasteiger partial charge in [0.2, 0.25) is 0 Å². The van der Waals surface area contributed by atoms with E-state index in [-0.39, 0.29) is 5.54 Å². The molecule has 0 radical (unpaired) electrons. The van der Waals surface area contributed by atoms with Crippen LogP contribution in [0.2, 0.25) is 0 Å². The molecule has 0 saturated carbocycles. The Morgan fingerprint density at radius 3 is 2.94 bits per heavy atom. The Hall–Kier alpha value is -1.07. The van der Waals surface area contributed by atoms with Crippen LogP contribution in [0.5, 0.6) is 0 Å². The Kier molecular flexibility index (Phi) is 3.92. The standard InChI is InChI=1S/C13H21N3OS/c1-10(2)13(9-17-3)8-15-12(14)16(13)7-11-5-4-6-18-11/h4-6,10H,7-9H2,1-3H3,(H2,14,15). The molecule has 2 rings (SSSR count). The third-order valence-electron chi connectivity index (χ3n) is 3.69. The van der Waals surface area contributed by atoms with Crippen LogP contribution in [-0.2, 0) is 11.3 Å². The molecular weight excluding hydrogens is 246 g/mol. The zero-order valence-corrected chi connectivity index (χ0v) is 12.0. The summed E-state index contributed by atoms with van der Waals surface area (Å²) in [4.78, 5) is 7.94. The minimum atomic E-state index is -0.108. The highest BCUT2D eigenvalue weighted by atomic mass is 32.1. The third-order valence-corrected chi connectivity index (χ3v) is 4.55. The van der Waals surface area contributed by atoms with E-state index in [1.165, 1.54) is 4.88 Å². The van der Waals surface area contributed by atoms with Gasteiger partial charge in [-0.2, -0.15) is 0 Å². The van der Waals surface area contributed by atoms with E-state index in [0.29, 0.717) is 18.5 Å². The summed E-state index contributed by atoms with van der Waals surface area (Å²) < 4.78 is 5.42. The molecule has 18 heavy (non-hydrogen) atoms. The summed E-state index contributed by atoms with van der Waals surface area (Å²) in [5, 5.41) is 2.09. The summed E-state index contributed by atoms with van der Waals surface area (Å²) in [5.74, 6) is 1.07. The van der Waals surface area contributed by atoms with Gasteiger partial charge in [-0.3, -0.25) is 4.99 Å². The molecule has 0 spiro atoms. The number of hydrogen-bond acceptors (Lipinski definition) is 5. The van der Waals surface area contributed by atoms with Gasteiger partial charge in [0.05, 0.1) is 25.2 Å². The minimum Gasteiger partial charge on any atom is -0.382 e. The Bertz CT molecular complexity index is 416. The topological polar surface area (TPSA) is 50.9 Å². The van der Waals surface area contributed by atoms with Crippen LogP contribution in [0, 0.1) is 5.92 Å². The van der Waals surface area contributed by atoms with Crippen molar-refractivity contribution in [2.24, 2.45) is 16.6 Å². The molecule has 1 aromatic heterocycles. The molecule has 0 aromatic carbocycles. The van der Waals surface area contributed by atoms with Crippen molar-refractivity contribution in [3.8, 4) is 0 Å². The van der Waals surface area contributed by atoms with E-state index in [1.54, 1.807) is 18.4 Å². The maximum atomic E-state index is 6.06. The highest BCUT2D eigenvalue weighted by Gasteiger charge is 2.44. The molecule has 2 N–H and O–H groups in total. The number of methoxy groups -OCH3 is 1. The molecule has 4 nitrogen and oxygen atoms in total. The summed E-state index contributed by atoms with van der Waals surface area (Å²) in [6, 6.07) is 4.20. The number of nitrogens with two attached hydrogens (primary N) is 1. The largest absolute Gasteiger partial charge is 0.382 e. The van der Waals surface area contributed by atoms with Gasteiger partial charge in [0.15, 0.2) is 5.96 Å². The molecule has 0 saturated heterocycles. The SMILES string of the molecule is COCC1(C(C)C)CN=C(N)N1Cc1cccs1. The van der Waals surface area contributed by atoms with E-state index >= 15 is 0 Å². The van der Waals surface area contributed by atoms with Crippen molar-refractivity contribution < 1.29 is 4.74 Å². The van der Waals surface area contributed by atoms with E-state index in [9.17, 15) is 0 Å². The van der Waals surface area contributed by atoms with Crippen molar-refractivity contribution in [2.45, 2.75) is 25.9 Å². The summed E-state index contributed by atoms with van der Waals surface area (Å²) in [6.45, 7) is 6.59. The normalized spacial score (nSPS) is 23.8. The van der Waals surface area contributed by atoms with E-state index in [2.05, 4.69) is 41.3 Å². The molecule has 5 heteroatoms. The Balaban J connectivity index is 2.24. The van der Waals surface area contributed by atoms with E-state index in [4.69, 9.17) is 10.5 Å².